The molecule has 10 heteroatoms. The van der Waals surface area contributed by atoms with Crippen LogP contribution >= 0.6 is 11.6 Å². The number of methoxy groups -OCH3 is 1. The molecule has 6 rings (SSSR count). The van der Waals surface area contributed by atoms with Crippen molar-refractivity contribution in [1.29, 1.82) is 0 Å². The molecule has 2 heterocycles. The molecule has 1 aliphatic carbocycles. The van der Waals surface area contributed by atoms with Crippen LogP contribution in [0.15, 0.2) is 60.2 Å². The zero-order valence-corrected chi connectivity index (χ0v) is 27.7. The van der Waals surface area contributed by atoms with Crippen LogP contribution in [-0.2, 0) is 22.5 Å². The molecule has 1 saturated carbocycles. The van der Waals surface area contributed by atoms with Gasteiger partial charge in [0.1, 0.15) is 23.2 Å². The molecule has 2 N–H and O–H groups in total. The SMILES string of the molecule is COCCOc1cccc(CN(C(=O)C2=C(c3ccc(CCCOc4c(F)ccc(F)c4Cl)cc3)CC3CNCC2N3)C2CC2)c1C. The Bertz CT molecular complexity index is 1610. The highest BCUT2D eigenvalue weighted by atomic mass is 35.5. The van der Waals surface area contributed by atoms with Crippen LogP contribution in [0.5, 0.6) is 11.5 Å². The first kappa shape index (κ1) is 33.4. The van der Waals surface area contributed by atoms with Crippen LogP contribution in [0.3, 0.4) is 0 Å². The number of fused-ring (bicyclic) bond motifs is 2. The molecule has 2 unspecified atom stereocenters. The molecule has 0 spiro atoms. The maximum atomic E-state index is 14.6. The van der Waals surface area contributed by atoms with Crippen LogP contribution < -0.4 is 20.1 Å². The van der Waals surface area contributed by atoms with Crippen LogP contribution in [0.25, 0.3) is 5.57 Å². The molecule has 0 aromatic heterocycles. The number of ether oxygens (including phenoxy) is 3. The summed E-state index contributed by atoms with van der Waals surface area (Å²) in [6.07, 6.45) is 4.07. The molecule has 3 aromatic carbocycles. The van der Waals surface area contributed by atoms with E-state index in [4.69, 9.17) is 25.8 Å². The molecule has 7 nitrogen and oxygen atoms in total. The smallest absolute Gasteiger partial charge is 0.252 e. The average molecular weight is 666 g/mol. The second-order valence-electron chi connectivity index (χ2n) is 12.5. The number of nitrogens with zero attached hydrogens (tertiary/aromatic N) is 1. The lowest BCUT2D eigenvalue weighted by Gasteiger charge is -2.41. The monoisotopic (exact) mass is 665 g/mol. The quantitative estimate of drug-likeness (QED) is 0.157. The van der Waals surface area contributed by atoms with E-state index in [2.05, 4.69) is 52.8 Å². The Balaban J connectivity index is 1.19. The largest absolute Gasteiger partial charge is 0.491 e. The Morgan fingerprint density at radius 3 is 2.53 bits per heavy atom. The summed E-state index contributed by atoms with van der Waals surface area (Å²) in [7, 11) is 1.66. The summed E-state index contributed by atoms with van der Waals surface area (Å²) in [5.74, 6) is -0.737. The fraction of sp³-hybridized carbons (Fsp3) is 0.432. The van der Waals surface area contributed by atoms with Crippen LogP contribution in [0, 0.1) is 18.6 Å². The van der Waals surface area contributed by atoms with E-state index in [9.17, 15) is 13.6 Å². The minimum Gasteiger partial charge on any atom is -0.491 e. The van der Waals surface area contributed by atoms with Gasteiger partial charge in [-0.05, 0) is 85.1 Å². The number of hydrogen-bond donors (Lipinski definition) is 2. The molecule has 3 aliphatic rings. The molecule has 2 bridgehead atoms. The molecule has 0 radical (unpaired) electrons. The molecule has 2 atom stereocenters. The van der Waals surface area contributed by atoms with Gasteiger partial charge in [0.15, 0.2) is 11.6 Å². The van der Waals surface area contributed by atoms with Gasteiger partial charge in [-0.2, -0.15) is 0 Å². The Labute approximate surface area is 280 Å². The normalized spacial score (nSPS) is 19.1. The van der Waals surface area contributed by atoms with Crippen molar-refractivity contribution in [1.82, 2.24) is 15.5 Å². The third kappa shape index (κ3) is 7.81. The van der Waals surface area contributed by atoms with E-state index in [0.717, 1.165) is 77.1 Å². The highest BCUT2D eigenvalue weighted by Gasteiger charge is 2.41. The summed E-state index contributed by atoms with van der Waals surface area (Å²) in [6.45, 7) is 5.33. The minimum absolute atomic E-state index is 0.0667. The summed E-state index contributed by atoms with van der Waals surface area (Å²) < 4.78 is 44.3. The van der Waals surface area contributed by atoms with Crippen molar-refractivity contribution in [2.45, 2.75) is 63.7 Å². The van der Waals surface area contributed by atoms with Gasteiger partial charge in [0.05, 0.1) is 19.3 Å². The number of rotatable bonds is 14. The standard InChI is InChI=1S/C37H42ClF2N3O4/c1-23-26(6-3-7-33(23)46-18-17-45-2)22-43(28-12-13-28)37(44)34-29(19-27-20-41-21-32(34)42-27)25-10-8-24(9-11-25)5-4-16-47-36-31(40)15-14-30(39)35(36)38/h3,6-11,14-15,27-28,32,41-42H,4-5,12-13,16-22H2,1-2H3. The number of amides is 1. The molecular weight excluding hydrogens is 624 g/mol. The van der Waals surface area contributed by atoms with E-state index in [-0.39, 0.29) is 41.4 Å². The van der Waals surface area contributed by atoms with E-state index >= 15 is 0 Å². The summed E-state index contributed by atoms with van der Waals surface area (Å²) in [5.41, 5.74) is 6.23. The molecule has 2 fully saturated rings. The number of carbonyl (C=O) groups is 1. The molecule has 1 saturated heterocycles. The number of carbonyl (C=O) groups excluding carboxylic acids is 1. The third-order valence-corrected chi connectivity index (χ3v) is 9.57. The lowest BCUT2D eigenvalue weighted by Crippen LogP contribution is -2.60. The highest BCUT2D eigenvalue weighted by molar-refractivity contribution is 6.32. The van der Waals surface area contributed by atoms with Crippen molar-refractivity contribution >= 4 is 23.1 Å². The summed E-state index contributed by atoms with van der Waals surface area (Å²) >= 11 is 5.88. The van der Waals surface area contributed by atoms with Crippen molar-refractivity contribution in [3.05, 3.63) is 99.1 Å². The lowest BCUT2D eigenvalue weighted by molar-refractivity contribution is -0.128. The number of piperazine rings is 1. The van der Waals surface area contributed by atoms with Gasteiger partial charge in [-0.15, -0.1) is 0 Å². The maximum Gasteiger partial charge on any atom is 0.252 e. The average Bonchev–Trinajstić information content (AvgIpc) is 3.92. The number of halogens is 3. The lowest BCUT2D eigenvalue weighted by atomic mass is 9.83. The van der Waals surface area contributed by atoms with Gasteiger partial charge in [0.2, 0.25) is 0 Å². The molecule has 47 heavy (non-hydrogen) atoms. The first-order chi connectivity index (χ1) is 22.8. The van der Waals surface area contributed by atoms with Crippen molar-refractivity contribution < 1.29 is 27.8 Å². The molecule has 3 aromatic rings. The zero-order chi connectivity index (χ0) is 32.9. The molecule has 250 valence electrons. The summed E-state index contributed by atoms with van der Waals surface area (Å²) in [4.78, 5) is 16.6. The van der Waals surface area contributed by atoms with Crippen LogP contribution in [0.1, 0.15) is 47.9 Å². The van der Waals surface area contributed by atoms with E-state index in [1.54, 1.807) is 7.11 Å². The third-order valence-electron chi connectivity index (χ3n) is 9.22. The van der Waals surface area contributed by atoms with Gasteiger partial charge in [0, 0.05) is 44.4 Å². The van der Waals surface area contributed by atoms with Crippen molar-refractivity contribution in [2.24, 2.45) is 0 Å². The van der Waals surface area contributed by atoms with Crippen LogP contribution in [-0.4, -0.2) is 69.0 Å². The number of benzene rings is 3. The van der Waals surface area contributed by atoms with Crippen LogP contribution in [0.2, 0.25) is 5.02 Å². The Kier molecular flexibility index (Phi) is 10.8. The fourth-order valence-corrected chi connectivity index (χ4v) is 6.72. The fourth-order valence-electron chi connectivity index (χ4n) is 6.52. The predicted molar refractivity (Wildman–Crippen MR) is 179 cm³/mol. The van der Waals surface area contributed by atoms with E-state index in [1.165, 1.54) is 0 Å². The summed E-state index contributed by atoms with van der Waals surface area (Å²) in [6, 6.07) is 16.8. The second kappa shape index (κ2) is 15.2. The number of aryl methyl sites for hydroxylation is 1. The van der Waals surface area contributed by atoms with Crippen molar-refractivity contribution in [3.63, 3.8) is 0 Å². The van der Waals surface area contributed by atoms with Gasteiger partial charge in [-0.1, -0.05) is 48.0 Å². The van der Waals surface area contributed by atoms with Gasteiger partial charge in [-0.3, -0.25) is 4.79 Å². The topological polar surface area (TPSA) is 72.1 Å². The summed E-state index contributed by atoms with van der Waals surface area (Å²) in [5, 5.41) is 6.89. The van der Waals surface area contributed by atoms with Crippen molar-refractivity contribution in [3.8, 4) is 11.5 Å². The van der Waals surface area contributed by atoms with Crippen molar-refractivity contribution in [2.75, 3.05) is 40.0 Å². The molecule has 2 aliphatic heterocycles. The van der Waals surface area contributed by atoms with E-state index in [0.29, 0.717) is 39.1 Å². The number of nitrogens with one attached hydrogen (secondary N) is 2. The number of hydrogen-bond acceptors (Lipinski definition) is 6. The van der Waals surface area contributed by atoms with Gasteiger partial charge >= 0.3 is 0 Å². The second-order valence-corrected chi connectivity index (χ2v) is 12.9. The minimum atomic E-state index is -0.712. The molecule has 1 amide bonds. The zero-order valence-electron chi connectivity index (χ0n) is 26.9. The Hall–Kier alpha value is -3.50. The predicted octanol–water partition coefficient (Wildman–Crippen LogP) is 6.24. The van der Waals surface area contributed by atoms with Crippen LogP contribution in [0.4, 0.5) is 8.78 Å². The van der Waals surface area contributed by atoms with Gasteiger partial charge < -0.3 is 29.7 Å². The Morgan fingerprint density at radius 1 is 0.979 bits per heavy atom. The van der Waals surface area contributed by atoms with E-state index in [1.807, 2.05) is 12.1 Å². The van der Waals surface area contributed by atoms with Gasteiger partial charge in [0.25, 0.3) is 5.91 Å². The van der Waals surface area contributed by atoms with E-state index < -0.39 is 11.6 Å². The Morgan fingerprint density at radius 2 is 1.77 bits per heavy atom. The maximum absolute atomic E-state index is 14.6. The molecular formula is C37H42ClF2N3O4. The first-order valence-electron chi connectivity index (χ1n) is 16.4. The first-order valence-corrected chi connectivity index (χ1v) is 16.8. The van der Waals surface area contributed by atoms with Gasteiger partial charge in [-0.25, -0.2) is 8.78 Å². The highest BCUT2D eigenvalue weighted by Crippen LogP contribution is 2.37.